The van der Waals surface area contributed by atoms with Gasteiger partial charge in [0.25, 0.3) is 5.91 Å². The van der Waals surface area contributed by atoms with Crippen LogP contribution in [-0.4, -0.2) is 65.2 Å². The first kappa shape index (κ1) is 20.8. The summed E-state index contributed by atoms with van der Waals surface area (Å²) in [6.45, 7) is 2.18. The minimum atomic E-state index is -3.94. The van der Waals surface area contributed by atoms with E-state index in [4.69, 9.17) is 9.47 Å². The van der Waals surface area contributed by atoms with Gasteiger partial charge in [0.1, 0.15) is 10.7 Å². The molecule has 1 amide bonds. The van der Waals surface area contributed by atoms with Gasteiger partial charge in [-0.15, -0.1) is 0 Å². The normalized spacial score (nSPS) is 15.8. The lowest BCUT2D eigenvalue weighted by molar-refractivity contribution is 0.0692. The summed E-state index contributed by atoms with van der Waals surface area (Å²) in [7, 11) is -2.38. The van der Waals surface area contributed by atoms with Crippen LogP contribution in [-0.2, 0) is 19.5 Å². The molecule has 0 radical (unpaired) electrons. The molecule has 7 nitrogen and oxygen atoms in total. The van der Waals surface area contributed by atoms with Crippen LogP contribution in [0.4, 0.5) is 4.39 Å². The smallest absolute Gasteiger partial charge is 0.251 e. The van der Waals surface area contributed by atoms with Crippen molar-refractivity contribution >= 4 is 15.9 Å². The monoisotopic (exact) mass is 388 g/mol. The number of hydrogen-bond donors (Lipinski definition) is 1. The van der Waals surface area contributed by atoms with E-state index < -0.39 is 26.6 Å². The number of benzene rings is 1. The van der Waals surface area contributed by atoms with Gasteiger partial charge in [-0.25, -0.2) is 12.8 Å². The van der Waals surface area contributed by atoms with Crippen LogP contribution in [0.25, 0.3) is 0 Å². The van der Waals surface area contributed by atoms with E-state index in [1.165, 1.54) is 10.4 Å². The molecule has 9 heteroatoms. The minimum Gasteiger partial charge on any atom is -0.382 e. The average molecular weight is 388 g/mol. The Morgan fingerprint density at radius 1 is 1.19 bits per heavy atom. The summed E-state index contributed by atoms with van der Waals surface area (Å²) in [5.41, 5.74) is 0.0962. The number of methoxy groups -OCH3 is 1. The van der Waals surface area contributed by atoms with E-state index in [9.17, 15) is 17.6 Å². The second-order valence-corrected chi connectivity index (χ2v) is 7.88. The van der Waals surface area contributed by atoms with Gasteiger partial charge < -0.3 is 14.8 Å². The third-order valence-corrected chi connectivity index (χ3v) is 6.00. The number of carbonyl (C=O) groups is 1. The summed E-state index contributed by atoms with van der Waals surface area (Å²) in [6, 6.07) is 3.38. The van der Waals surface area contributed by atoms with Gasteiger partial charge in [0, 0.05) is 32.3 Å². The lowest BCUT2D eigenvalue weighted by Crippen LogP contribution is -2.36. The second-order valence-electron chi connectivity index (χ2n) is 5.97. The standard InChI is InChI=1S/C17H25FN2O5S/c1-24-11-12-25-10-7-19-17(21)14-5-6-15(18)16(13-14)26(22,23)20-8-3-2-4-9-20/h5-6,13H,2-4,7-12H2,1H3,(H,19,21). The second kappa shape index (κ2) is 9.96. The van der Waals surface area contributed by atoms with Crippen molar-refractivity contribution < 1.29 is 27.1 Å². The molecule has 1 aromatic rings. The first-order chi connectivity index (χ1) is 12.5. The first-order valence-corrected chi connectivity index (χ1v) is 10.1. The summed E-state index contributed by atoms with van der Waals surface area (Å²) in [5, 5.41) is 2.62. The number of nitrogens with zero attached hydrogens (tertiary/aromatic N) is 1. The Balaban J connectivity index is 2.03. The fraction of sp³-hybridized carbons (Fsp3) is 0.588. The number of carbonyl (C=O) groups excluding carboxylic acids is 1. The molecular formula is C17H25FN2O5S. The van der Waals surface area contributed by atoms with Crippen molar-refractivity contribution in [1.29, 1.82) is 0 Å². The van der Waals surface area contributed by atoms with Crippen LogP contribution >= 0.6 is 0 Å². The number of nitrogens with one attached hydrogen (secondary N) is 1. The predicted molar refractivity (Wildman–Crippen MR) is 94.0 cm³/mol. The van der Waals surface area contributed by atoms with Gasteiger partial charge in [-0.2, -0.15) is 4.31 Å². The number of sulfonamides is 1. The molecule has 1 aliphatic rings. The maximum Gasteiger partial charge on any atom is 0.251 e. The molecule has 0 aliphatic carbocycles. The van der Waals surface area contributed by atoms with Crippen molar-refractivity contribution in [2.24, 2.45) is 0 Å². The lowest BCUT2D eigenvalue weighted by atomic mass is 10.2. The van der Waals surface area contributed by atoms with Crippen LogP contribution < -0.4 is 5.32 Å². The largest absolute Gasteiger partial charge is 0.382 e. The van der Waals surface area contributed by atoms with E-state index in [1.807, 2.05) is 0 Å². The average Bonchev–Trinajstić information content (AvgIpc) is 2.65. The van der Waals surface area contributed by atoms with Gasteiger partial charge in [0.2, 0.25) is 10.0 Å². The van der Waals surface area contributed by atoms with Crippen molar-refractivity contribution in [3.8, 4) is 0 Å². The van der Waals surface area contributed by atoms with Gasteiger partial charge in [0.05, 0.1) is 19.8 Å². The van der Waals surface area contributed by atoms with Crippen LogP contribution in [0.5, 0.6) is 0 Å². The SMILES string of the molecule is COCCOCCNC(=O)c1ccc(F)c(S(=O)(=O)N2CCCCC2)c1. The lowest BCUT2D eigenvalue weighted by Gasteiger charge is -2.26. The summed E-state index contributed by atoms with van der Waals surface area (Å²) < 4.78 is 50.8. The van der Waals surface area contributed by atoms with Crippen LogP contribution in [0.2, 0.25) is 0 Å². The van der Waals surface area contributed by atoms with Crippen molar-refractivity contribution in [3.63, 3.8) is 0 Å². The maximum absolute atomic E-state index is 14.1. The van der Waals surface area contributed by atoms with Crippen molar-refractivity contribution in [1.82, 2.24) is 9.62 Å². The Bertz CT molecular complexity index is 705. The molecule has 1 aromatic carbocycles. The Labute approximate surface area is 153 Å². The Morgan fingerprint density at radius 2 is 1.92 bits per heavy atom. The molecule has 1 fully saturated rings. The van der Waals surface area contributed by atoms with Crippen LogP contribution in [0, 0.1) is 5.82 Å². The topological polar surface area (TPSA) is 84.9 Å². The van der Waals surface area contributed by atoms with Gasteiger partial charge in [0.15, 0.2) is 0 Å². The molecule has 1 N–H and O–H groups in total. The molecule has 2 rings (SSSR count). The minimum absolute atomic E-state index is 0.0962. The van der Waals surface area contributed by atoms with Crippen molar-refractivity contribution in [2.45, 2.75) is 24.2 Å². The number of piperidine rings is 1. The van der Waals surface area contributed by atoms with Crippen LogP contribution in [0.3, 0.4) is 0 Å². The summed E-state index contributed by atoms with van der Waals surface area (Å²) in [6.07, 6.45) is 2.47. The fourth-order valence-corrected chi connectivity index (χ4v) is 4.28. The van der Waals surface area contributed by atoms with Crippen LogP contribution in [0.15, 0.2) is 23.1 Å². The number of halogens is 1. The molecule has 0 bridgehead atoms. The molecule has 0 atom stereocenters. The molecule has 1 saturated heterocycles. The van der Waals surface area contributed by atoms with Crippen LogP contribution in [0.1, 0.15) is 29.6 Å². The highest BCUT2D eigenvalue weighted by Gasteiger charge is 2.29. The molecule has 0 saturated carbocycles. The van der Waals surface area contributed by atoms with Crippen molar-refractivity contribution in [2.75, 3.05) is 46.6 Å². The van der Waals surface area contributed by atoms with Gasteiger partial charge >= 0.3 is 0 Å². The highest BCUT2D eigenvalue weighted by Crippen LogP contribution is 2.23. The van der Waals surface area contributed by atoms with Crippen molar-refractivity contribution in [3.05, 3.63) is 29.6 Å². The molecule has 1 aliphatic heterocycles. The van der Waals surface area contributed by atoms with Gasteiger partial charge in [-0.05, 0) is 31.0 Å². The van der Waals surface area contributed by atoms with E-state index >= 15 is 0 Å². The quantitative estimate of drug-likeness (QED) is 0.647. The summed E-state index contributed by atoms with van der Waals surface area (Å²) in [4.78, 5) is 11.7. The highest BCUT2D eigenvalue weighted by atomic mass is 32.2. The number of hydrogen-bond acceptors (Lipinski definition) is 5. The van der Waals surface area contributed by atoms with Gasteiger partial charge in [-0.1, -0.05) is 6.42 Å². The molecule has 0 unspecified atom stereocenters. The predicted octanol–water partition coefficient (Wildman–Crippen LogP) is 1.39. The Morgan fingerprint density at radius 3 is 2.62 bits per heavy atom. The Hall–Kier alpha value is -1.55. The van der Waals surface area contributed by atoms with E-state index in [1.54, 1.807) is 7.11 Å². The summed E-state index contributed by atoms with van der Waals surface area (Å²) >= 11 is 0. The molecule has 146 valence electrons. The first-order valence-electron chi connectivity index (χ1n) is 8.61. The third-order valence-electron chi connectivity index (χ3n) is 4.09. The third kappa shape index (κ3) is 5.47. The zero-order valence-electron chi connectivity index (χ0n) is 14.9. The molecular weight excluding hydrogens is 363 g/mol. The molecule has 0 aromatic heterocycles. The highest BCUT2D eigenvalue weighted by molar-refractivity contribution is 7.89. The Kier molecular flexibility index (Phi) is 7.95. The van der Waals surface area contributed by atoms with E-state index in [-0.39, 0.29) is 12.1 Å². The van der Waals surface area contributed by atoms with E-state index in [0.29, 0.717) is 32.9 Å². The molecule has 1 heterocycles. The maximum atomic E-state index is 14.1. The molecule has 26 heavy (non-hydrogen) atoms. The van der Waals surface area contributed by atoms with E-state index in [0.717, 1.165) is 31.4 Å². The summed E-state index contributed by atoms with van der Waals surface area (Å²) in [5.74, 6) is -1.33. The van der Waals surface area contributed by atoms with E-state index in [2.05, 4.69) is 5.32 Å². The number of ether oxygens (including phenoxy) is 2. The number of amides is 1. The van der Waals surface area contributed by atoms with Gasteiger partial charge in [-0.3, -0.25) is 4.79 Å². The molecule has 0 spiro atoms. The fourth-order valence-electron chi connectivity index (χ4n) is 2.67. The zero-order valence-corrected chi connectivity index (χ0v) is 15.7. The number of rotatable bonds is 9. The zero-order chi connectivity index (χ0) is 19.0.